The van der Waals surface area contributed by atoms with Crippen LogP contribution in [0.3, 0.4) is 0 Å². The van der Waals surface area contributed by atoms with E-state index in [1.807, 2.05) is 24.3 Å². The molecular weight excluding hydrogens is 494 g/mol. The molecule has 1 heterocycles. The third-order valence-electron chi connectivity index (χ3n) is 4.41. The second kappa shape index (κ2) is 9.95. The lowest BCUT2D eigenvalue weighted by molar-refractivity contribution is -0.00240. The number of rotatable bonds is 7. The van der Waals surface area contributed by atoms with Gasteiger partial charge >= 0.3 is 0 Å². The predicted molar refractivity (Wildman–Crippen MR) is 121 cm³/mol. The number of aliphatic hydroxyl groups is 1. The van der Waals surface area contributed by atoms with Crippen LogP contribution >= 0.6 is 39.9 Å². The van der Waals surface area contributed by atoms with Crippen molar-refractivity contribution in [1.29, 1.82) is 0 Å². The molecule has 0 spiro atoms. The Labute approximate surface area is 191 Å². The van der Waals surface area contributed by atoms with Crippen molar-refractivity contribution >= 4 is 44.2 Å². The molecule has 1 atom stereocenters. The zero-order valence-corrected chi connectivity index (χ0v) is 19.2. The Hall–Kier alpha value is -1.88. The SMILES string of the molecule is CN(CC(O)(Cn1cncn1)c1ccc(F)cc1F)C(=S)SCc1ccc(Br)cc1. The Morgan fingerprint density at radius 2 is 2.00 bits per heavy atom. The monoisotopic (exact) mass is 512 g/mol. The van der Waals surface area contributed by atoms with Crippen molar-refractivity contribution in [2.75, 3.05) is 13.6 Å². The fourth-order valence-corrected chi connectivity index (χ4v) is 4.24. The van der Waals surface area contributed by atoms with E-state index < -0.39 is 17.2 Å². The summed E-state index contributed by atoms with van der Waals surface area (Å²) in [6.07, 6.45) is 2.75. The molecule has 0 amide bonds. The zero-order valence-electron chi connectivity index (χ0n) is 16.0. The molecule has 3 aromatic rings. The molecule has 3 rings (SSSR count). The van der Waals surface area contributed by atoms with Gasteiger partial charge in [0.25, 0.3) is 0 Å². The number of hydrogen-bond donors (Lipinski definition) is 1. The Kier molecular flexibility index (Phi) is 7.56. The summed E-state index contributed by atoms with van der Waals surface area (Å²) in [4.78, 5) is 5.54. The third-order valence-corrected chi connectivity index (χ3v) is 6.64. The van der Waals surface area contributed by atoms with Gasteiger partial charge < -0.3 is 10.0 Å². The van der Waals surface area contributed by atoms with Gasteiger partial charge in [-0.3, -0.25) is 0 Å². The standard InChI is InChI=1S/C20H19BrF2N4OS2/c1-26(19(29)30-9-14-2-4-15(21)5-3-14)10-20(28,11-27-13-24-12-25-27)17-7-6-16(22)8-18(17)23/h2-8,12-13,28H,9-11H2,1H3. The summed E-state index contributed by atoms with van der Waals surface area (Å²) in [5.74, 6) is -0.893. The summed E-state index contributed by atoms with van der Waals surface area (Å²) in [6.45, 7) is -0.0819. The first kappa shape index (κ1) is 22.8. The van der Waals surface area contributed by atoms with Crippen molar-refractivity contribution in [3.63, 3.8) is 0 Å². The molecule has 1 aromatic heterocycles. The van der Waals surface area contributed by atoms with Gasteiger partial charge in [0.2, 0.25) is 0 Å². The maximum absolute atomic E-state index is 14.5. The van der Waals surface area contributed by atoms with Crippen LogP contribution in [0.25, 0.3) is 0 Å². The molecule has 2 aromatic carbocycles. The smallest absolute Gasteiger partial charge is 0.137 e. The Morgan fingerprint density at radius 1 is 1.27 bits per heavy atom. The van der Waals surface area contributed by atoms with E-state index in [-0.39, 0.29) is 18.7 Å². The van der Waals surface area contributed by atoms with Crippen LogP contribution in [0.2, 0.25) is 0 Å². The molecule has 0 aliphatic heterocycles. The zero-order chi connectivity index (χ0) is 21.7. The third kappa shape index (κ3) is 5.84. The van der Waals surface area contributed by atoms with E-state index in [0.29, 0.717) is 10.1 Å². The van der Waals surface area contributed by atoms with Gasteiger partial charge in [0, 0.05) is 28.9 Å². The molecule has 1 N–H and O–H groups in total. The molecule has 5 nitrogen and oxygen atoms in total. The van der Waals surface area contributed by atoms with Crippen LogP contribution in [0.4, 0.5) is 8.78 Å². The van der Waals surface area contributed by atoms with Crippen molar-refractivity contribution < 1.29 is 13.9 Å². The van der Waals surface area contributed by atoms with Crippen LogP contribution in [0.1, 0.15) is 11.1 Å². The average molecular weight is 513 g/mol. The lowest BCUT2D eigenvalue weighted by atomic mass is 9.92. The van der Waals surface area contributed by atoms with Gasteiger partial charge in [-0.1, -0.05) is 58.1 Å². The summed E-state index contributed by atoms with van der Waals surface area (Å²) in [5.41, 5.74) is -0.643. The van der Waals surface area contributed by atoms with E-state index in [0.717, 1.165) is 22.2 Å². The topological polar surface area (TPSA) is 54.2 Å². The van der Waals surface area contributed by atoms with Gasteiger partial charge in [0.05, 0.1) is 13.1 Å². The quantitative estimate of drug-likeness (QED) is 0.474. The number of hydrogen-bond acceptors (Lipinski definition) is 5. The number of nitrogens with zero attached hydrogens (tertiary/aromatic N) is 4. The normalized spacial score (nSPS) is 13.1. The fourth-order valence-electron chi connectivity index (χ4n) is 2.96. The summed E-state index contributed by atoms with van der Waals surface area (Å²) in [6, 6.07) is 11.0. The molecule has 10 heteroatoms. The summed E-state index contributed by atoms with van der Waals surface area (Å²) >= 11 is 10.3. The van der Waals surface area contributed by atoms with E-state index in [1.54, 1.807) is 11.9 Å². The molecule has 158 valence electrons. The summed E-state index contributed by atoms with van der Waals surface area (Å²) < 4.78 is 30.9. The molecule has 30 heavy (non-hydrogen) atoms. The first-order chi connectivity index (χ1) is 14.3. The minimum atomic E-state index is -1.71. The van der Waals surface area contributed by atoms with Crippen molar-refractivity contribution in [1.82, 2.24) is 19.7 Å². The minimum Gasteiger partial charge on any atom is -0.381 e. The fraction of sp³-hybridized carbons (Fsp3) is 0.250. The van der Waals surface area contributed by atoms with E-state index in [1.165, 1.54) is 35.2 Å². The molecule has 0 radical (unpaired) electrons. The molecule has 0 aliphatic rings. The van der Waals surface area contributed by atoms with Crippen molar-refractivity contribution in [3.8, 4) is 0 Å². The van der Waals surface area contributed by atoms with Crippen LogP contribution in [0, 0.1) is 11.6 Å². The first-order valence-electron chi connectivity index (χ1n) is 8.89. The van der Waals surface area contributed by atoms with Crippen LogP contribution in [-0.2, 0) is 17.9 Å². The Balaban J connectivity index is 1.76. The highest BCUT2D eigenvalue weighted by Gasteiger charge is 2.35. The predicted octanol–water partition coefficient (Wildman–Crippen LogP) is 4.36. The lowest BCUT2D eigenvalue weighted by Crippen LogP contribution is -2.44. The molecular formula is C20H19BrF2N4OS2. The van der Waals surface area contributed by atoms with Gasteiger partial charge in [-0.15, -0.1) is 0 Å². The van der Waals surface area contributed by atoms with Gasteiger partial charge in [-0.05, 0) is 23.8 Å². The highest BCUT2D eigenvalue weighted by Crippen LogP contribution is 2.29. The molecule has 1 unspecified atom stereocenters. The van der Waals surface area contributed by atoms with Gasteiger partial charge in [-0.25, -0.2) is 18.4 Å². The molecule has 0 saturated heterocycles. The molecule has 0 fully saturated rings. The number of benzene rings is 2. The molecule has 0 bridgehead atoms. The largest absolute Gasteiger partial charge is 0.381 e. The summed E-state index contributed by atoms with van der Waals surface area (Å²) in [5, 5.41) is 15.4. The minimum absolute atomic E-state index is 0.0123. The lowest BCUT2D eigenvalue weighted by Gasteiger charge is -2.34. The van der Waals surface area contributed by atoms with Crippen LogP contribution in [0.15, 0.2) is 59.6 Å². The molecule has 0 saturated carbocycles. The van der Waals surface area contributed by atoms with E-state index in [4.69, 9.17) is 12.2 Å². The Morgan fingerprint density at radius 3 is 2.63 bits per heavy atom. The highest BCUT2D eigenvalue weighted by molar-refractivity contribution is 9.10. The van der Waals surface area contributed by atoms with Crippen molar-refractivity contribution in [3.05, 3.63) is 82.4 Å². The number of halogens is 3. The van der Waals surface area contributed by atoms with Crippen LogP contribution in [-0.4, -0.2) is 42.7 Å². The van der Waals surface area contributed by atoms with E-state index >= 15 is 0 Å². The Bertz CT molecular complexity index is 1000. The second-order valence-corrected chi connectivity index (χ2v) is 9.31. The van der Waals surface area contributed by atoms with Gasteiger partial charge in [0.15, 0.2) is 0 Å². The van der Waals surface area contributed by atoms with Crippen LogP contribution < -0.4 is 0 Å². The number of thiocarbonyl (C=S) groups is 1. The number of likely N-dealkylation sites (N-methyl/N-ethyl adjacent to an activating group) is 1. The van der Waals surface area contributed by atoms with Gasteiger partial charge in [0.1, 0.15) is 34.2 Å². The van der Waals surface area contributed by atoms with Crippen LogP contribution in [0.5, 0.6) is 0 Å². The van der Waals surface area contributed by atoms with Crippen molar-refractivity contribution in [2.45, 2.75) is 17.9 Å². The summed E-state index contributed by atoms with van der Waals surface area (Å²) in [7, 11) is 1.73. The van der Waals surface area contributed by atoms with E-state index in [2.05, 4.69) is 26.0 Å². The van der Waals surface area contributed by atoms with Crippen molar-refractivity contribution in [2.24, 2.45) is 0 Å². The van der Waals surface area contributed by atoms with Gasteiger partial charge in [-0.2, -0.15) is 5.10 Å². The highest BCUT2D eigenvalue weighted by atomic mass is 79.9. The number of thioether (sulfide) groups is 1. The molecule has 0 aliphatic carbocycles. The number of aromatic nitrogens is 3. The first-order valence-corrected chi connectivity index (χ1v) is 11.1. The second-order valence-electron chi connectivity index (χ2n) is 6.79. The maximum atomic E-state index is 14.5. The van der Waals surface area contributed by atoms with E-state index in [9.17, 15) is 13.9 Å². The average Bonchev–Trinajstić information content (AvgIpc) is 3.19. The maximum Gasteiger partial charge on any atom is 0.137 e.